The molecule has 0 atom stereocenters. The van der Waals surface area contributed by atoms with Gasteiger partial charge in [-0.2, -0.15) is 20.5 Å². The van der Waals surface area contributed by atoms with E-state index >= 15 is 4.39 Å². The molecule has 226 valence electrons. The third kappa shape index (κ3) is 7.22. The SMILES string of the molecule is CCSC1CCC(c2ccc(C3CCC(C4CCC(C(F)(F)Oc5cc(F)c(F)c(F)c5)CC4)CC3)c(F)c2)CC1. The lowest BCUT2D eigenvalue weighted by Gasteiger charge is -2.39. The molecule has 0 saturated heterocycles. The first-order valence-electron chi connectivity index (χ1n) is 15.3. The van der Waals surface area contributed by atoms with Crippen LogP contribution in [-0.4, -0.2) is 17.1 Å². The number of hydrogen-bond acceptors (Lipinski definition) is 2. The van der Waals surface area contributed by atoms with Crippen molar-refractivity contribution in [1.29, 1.82) is 0 Å². The summed E-state index contributed by atoms with van der Waals surface area (Å²) in [5, 5.41) is 0.744. The molecule has 0 unspecified atom stereocenters. The van der Waals surface area contributed by atoms with Gasteiger partial charge in [0.05, 0.1) is 5.92 Å². The van der Waals surface area contributed by atoms with Gasteiger partial charge in [0, 0.05) is 17.4 Å². The van der Waals surface area contributed by atoms with Crippen LogP contribution in [0.4, 0.5) is 26.3 Å². The molecule has 0 amide bonds. The van der Waals surface area contributed by atoms with Gasteiger partial charge in [-0.05, 0) is 124 Å². The van der Waals surface area contributed by atoms with Crippen molar-refractivity contribution in [2.45, 2.75) is 107 Å². The molecule has 3 aliphatic carbocycles. The van der Waals surface area contributed by atoms with Crippen molar-refractivity contribution >= 4 is 11.8 Å². The van der Waals surface area contributed by atoms with E-state index in [1.807, 2.05) is 17.8 Å². The topological polar surface area (TPSA) is 9.23 Å². The Kier molecular flexibility index (Phi) is 9.87. The number of halogens is 6. The molecule has 41 heavy (non-hydrogen) atoms. The van der Waals surface area contributed by atoms with Crippen LogP contribution in [0.25, 0.3) is 0 Å². The van der Waals surface area contributed by atoms with E-state index in [0.717, 1.165) is 60.7 Å². The van der Waals surface area contributed by atoms with Crippen LogP contribution in [0.3, 0.4) is 0 Å². The number of rotatable bonds is 8. The molecule has 2 aromatic rings. The van der Waals surface area contributed by atoms with Crippen LogP contribution >= 0.6 is 11.8 Å². The van der Waals surface area contributed by atoms with Crippen LogP contribution < -0.4 is 4.74 Å². The molecule has 3 saturated carbocycles. The first-order valence-corrected chi connectivity index (χ1v) is 16.3. The Morgan fingerprint density at radius 1 is 0.707 bits per heavy atom. The van der Waals surface area contributed by atoms with Crippen LogP contribution in [0.1, 0.15) is 107 Å². The molecule has 0 N–H and O–H groups in total. The number of hydrogen-bond donors (Lipinski definition) is 0. The summed E-state index contributed by atoms with van der Waals surface area (Å²) in [5.41, 5.74) is 1.95. The molecule has 0 aromatic heterocycles. The van der Waals surface area contributed by atoms with Crippen molar-refractivity contribution in [2.75, 3.05) is 5.75 Å². The van der Waals surface area contributed by atoms with Crippen LogP contribution in [0.2, 0.25) is 0 Å². The van der Waals surface area contributed by atoms with E-state index in [2.05, 4.69) is 17.7 Å². The summed E-state index contributed by atoms with van der Waals surface area (Å²) in [4.78, 5) is 0. The summed E-state index contributed by atoms with van der Waals surface area (Å²) in [6.07, 6.45) is 6.56. The predicted octanol–water partition coefficient (Wildman–Crippen LogP) is 10.8. The lowest BCUT2D eigenvalue weighted by molar-refractivity contribution is -0.224. The van der Waals surface area contributed by atoms with Gasteiger partial charge in [0.15, 0.2) is 17.5 Å². The monoisotopic (exact) mass is 598 g/mol. The van der Waals surface area contributed by atoms with Crippen LogP contribution in [-0.2, 0) is 0 Å². The van der Waals surface area contributed by atoms with Crippen LogP contribution in [0.15, 0.2) is 30.3 Å². The van der Waals surface area contributed by atoms with Crippen molar-refractivity contribution in [2.24, 2.45) is 17.8 Å². The predicted molar refractivity (Wildman–Crippen MR) is 152 cm³/mol. The van der Waals surface area contributed by atoms with Crippen molar-refractivity contribution < 1.29 is 31.1 Å². The fourth-order valence-corrected chi connectivity index (χ4v) is 8.66. The molecule has 3 aliphatic rings. The van der Waals surface area contributed by atoms with E-state index < -0.39 is 35.2 Å². The third-order valence-corrected chi connectivity index (χ3v) is 11.2. The van der Waals surface area contributed by atoms with Crippen molar-refractivity contribution in [1.82, 2.24) is 0 Å². The maximum absolute atomic E-state index is 15.3. The lowest BCUT2D eigenvalue weighted by Crippen LogP contribution is -2.38. The van der Waals surface area contributed by atoms with Gasteiger partial charge in [0.25, 0.3) is 0 Å². The number of ether oxygens (including phenoxy) is 1. The lowest BCUT2D eigenvalue weighted by atomic mass is 9.68. The molecular weight excluding hydrogens is 558 g/mol. The zero-order valence-electron chi connectivity index (χ0n) is 23.6. The molecule has 0 aliphatic heterocycles. The van der Waals surface area contributed by atoms with Gasteiger partial charge in [0.1, 0.15) is 11.6 Å². The van der Waals surface area contributed by atoms with Gasteiger partial charge < -0.3 is 4.74 Å². The molecule has 3 fully saturated rings. The maximum Gasteiger partial charge on any atom is 0.400 e. The second-order valence-electron chi connectivity index (χ2n) is 12.3. The largest absolute Gasteiger partial charge is 0.432 e. The standard InChI is InChI=1S/C33H40F6OS/c1-2-41-27-14-9-22(10-15-27)24-11-16-28(29(34)17-24)23-5-3-20(4-6-23)21-7-12-25(13-8-21)33(38,39)40-26-18-30(35)32(37)31(36)19-26/h11,16-23,25,27H,2-10,12-15H2,1H3. The van der Waals surface area contributed by atoms with Crippen molar-refractivity contribution in [3.63, 3.8) is 0 Å². The van der Waals surface area contributed by atoms with Gasteiger partial charge in [0.2, 0.25) is 0 Å². The molecule has 0 radical (unpaired) electrons. The zero-order chi connectivity index (χ0) is 29.1. The average Bonchev–Trinajstić information content (AvgIpc) is 2.96. The third-order valence-electron chi connectivity index (χ3n) is 9.91. The Hall–Kier alpha value is -1.83. The minimum atomic E-state index is -3.60. The first-order chi connectivity index (χ1) is 19.6. The minimum absolute atomic E-state index is 0.0836. The highest BCUT2D eigenvalue weighted by Crippen LogP contribution is 2.47. The Balaban J connectivity index is 1.10. The molecule has 2 aromatic carbocycles. The summed E-state index contributed by atoms with van der Waals surface area (Å²) in [7, 11) is 0. The summed E-state index contributed by atoms with van der Waals surface area (Å²) < 4.78 is 89.6. The molecule has 1 nitrogen and oxygen atoms in total. The minimum Gasteiger partial charge on any atom is -0.432 e. The van der Waals surface area contributed by atoms with Crippen LogP contribution in [0, 0.1) is 41.0 Å². The van der Waals surface area contributed by atoms with Crippen molar-refractivity contribution in [3.8, 4) is 5.75 Å². The molecule has 5 rings (SSSR count). The van der Waals surface area contributed by atoms with E-state index in [1.165, 1.54) is 12.8 Å². The fraction of sp³-hybridized carbons (Fsp3) is 0.636. The maximum atomic E-state index is 15.3. The normalized spacial score (nSPS) is 29.3. The van der Waals surface area contributed by atoms with E-state index in [1.54, 1.807) is 6.07 Å². The van der Waals surface area contributed by atoms with E-state index in [0.29, 0.717) is 42.7 Å². The van der Waals surface area contributed by atoms with Crippen LogP contribution in [0.5, 0.6) is 5.75 Å². The highest BCUT2D eigenvalue weighted by Gasteiger charge is 2.45. The fourth-order valence-electron chi connectivity index (χ4n) is 7.59. The van der Waals surface area contributed by atoms with Gasteiger partial charge in [-0.3, -0.25) is 0 Å². The zero-order valence-corrected chi connectivity index (χ0v) is 24.4. The second-order valence-corrected chi connectivity index (χ2v) is 13.9. The number of thioether (sulfide) groups is 1. The summed E-state index contributed by atoms with van der Waals surface area (Å²) in [6.45, 7) is 2.20. The van der Waals surface area contributed by atoms with Gasteiger partial charge in [-0.15, -0.1) is 0 Å². The summed E-state index contributed by atoms with van der Waals surface area (Å²) in [6, 6.07) is 6.82. The van der Waals surface area contributed by atoms with Gasteiger partial charge in [-0.25, -0.2) is 17.6 Å². The van der Waals surface area contributed by atoms with Gasteiger partial charge in [-0.1, -0.05) is 19.1 Å². The van der Waals surface area contributed by atoms with Gasteiger partial charge >= 0.3 is 6.11 Å². The Labute approximate surface area is 243 Å². The first kappa shape index (κ1) is 30.6. The smallest absolute Gasteiger partial charge is 0.400 e. The number of benzene rings is 2. The Morgan fingerprint density at radius 2 is 1.27 bits per heavy atom. The Bertz CT molecular complexity index is 1140. The molecular formula is C33H40F6OS. The van der Waals surface area contributed by atoms with E-state index in [9.17, 15) is 22.0 Å². The summed E-state index contributed by atoms with van der Waals surface area (Å²) >= 11 is 2.04. The highest BCUT2D eigenvalue weighted by molar-refractivity contribution is 7.99. The average molecular weight is 599 g/mol. The molecule has 0 heterocycles. The van der Waals surface area contributed by atoms with E-state index in [4.69, 9.17) is 0 Å². The quantitative estimate of drug-likeness (QED) is 0.221. The molecule has 0 bridgehead atoms. The highest BCUT2D eigenvalue weighted by atomic mass is 32.2. The summed E-state index contributed by atoms with van der Waals surface area (Å²) in [5.74, 6) is -4.14. The Morgan fingerprint density at radius 3 is 1.83 bits per heavy atom. The van der Waals surface area contributed by atoms with E-state index in [-0.39, 0.29) is 24.6 Å². The molecule has 0 spiro atoms. The van der Waals surface area contributed by atoms with Crippen molar-refractivity contribution in [3.05, 3.63) is 64.7 Å². The second kappa shape index (κ2) is 13.2. The molecule has 8 heteroatoms. The number of alkyl halides is 2.